The zero-order valence-corrected chi connectivity index (χ0v) is 11.3. The summed E-state index contributed by atoms with van der Waals surface area (Å²) in [5.41, 5.74) is 6.25. The van der Waals surface area contributed by atoms with Gasteiger partial charge in [-0.05, 0) is 24.9 Å². The van der Waals surface area contributed by atoms with Gasteiger partial charge in [-0.15, -0.1) is 0 Å². The summed E-state index contributed by atoms with van der Waals surface area (Å²) in [6.07, 6.45) is 0.666. The van der Waals surface area contributed by atoms with E-state index in [4.69, 9.17) is 10.3 Å². The molecule has 6 nitrogen and oxygen atoms in total. The van der Waals surface area contributed by atoms with E-state index < -0.39 is 22.1 Å². The van der Waals surface area contributed by atoms with Crippen LogP contribution >= 0.6 is 0 Å². The number of rotatable bonds is 8. The summed E-state index contributed by atoms with van der Waals surface area (Å²) in [5, 5.41) is 2.89. The Labute approximate surface area is 112 Å². The van der Waals surface area contributed by atoms with Crippen LogP contribution in [0.25, 0.3) is 0 Å². The van der Waals surface area contributed by atoms with Gasteiger partial charge < -0.3 is 11.1 Å². The third-order valence-corrected chi connectivity index (χ3v) is 3.40. The Hall–Kier alpha value is -1.44. The highest BCUT2D eigenvalue weighted by Gasteiger charge is 2.15. The van der Waals surface area contributed by atoms with E-state index in [-0.39, 0.29) is 12.2 Å². The highest BCUT2D eigenvalue weighted by molar-refractivity contribution is 7.85. The molecule has 19 heavy (non-hydrogen) atoms. The molecule has 0 spiro atoms. The number of hydrogen-bond donors (Lipinski definition) is 3. The van der Waals surface area contributed by atoms with Crippen molar-refractivity contribution in [2.45, 2.75) is 18.9 Å². The van der Waals surface area contributed by atoms with Crippen molar-refractivity contribution in [2.75, 3.05) is 12.3 Å². The van der Waals surface area contributed by atoms with E-state index in [1.54, 1.807) is 0 Å². The van der Waals surface area contributed by atoms with Crippen molar-refractivity contribution >= 4 is 16.0 Å². The summed E-state index contributed by atoms with van der Waals surface area (Å²) >= 11 is 0. The number of amides is 1. The van der Waals surface area contributed by atoms with Crippen LogP contribution in [0.2, 0.25) is 0 Å². The van der Waals surface area contributed by atoms with Crippen molar-refractivity contribution in [1.29, 1.82) is 0 Å². The summed E-state index contributed by atoms with van der Waals surface area (Å²) in [6, 6.07) is 8.83. The minimum Gasteiger partial charge on any atom is -0.368 e. The van der Waals surface area contributed by atoms with Crippen LogP contribution in [0.1, 0.15) is 12.0 Å². The largest absolute Gasteiger partial charge is 0.368 e. The van der Waals surface area contributed by atoms with Gasteiger partial charge >= 0.3 is 0 Å². The second kappa shape index (κ2) is 7.22. The molecule has 1 atom stereocenters. The molecule has 0 aliphatic carbocycles. The number of carbonyl (C=O) groups excluding carboxylic acids is 1. The maximum Gasteiger partial charge on any atom is 0.264 e. The lowest BCUT2D eigenvalue weighted by Gasteiger charge is -2.15. The Bertz CT molecular complexity index is 502. The van der Waals surface area contributed by atoms with E-state index in [1.807, 2.05) is 30.3 Å². The fourth-order valence-corrected chi connectivity index (χ4v) is 2.16. The lowest BCUT2D eigenvalue weighted by atomic mass is 10.1. The molecule has 0 aliphatic rings. The lowest BCUT2D eigenvalue weighted by molar-refractivity contribution is -0.120. The smallest absolute Gasteiger partial charge is 0.264 e. The minimum atomic E-state index is -3.96. The molecule has 0 heterocycles. The molecule has 0 bridgehead atoms. The van der Waals surface area contributed by atoms with Gasteiger partial charge in [-0.25, -0.2) is 0 Å². The topological polar surface area (TPSA) is 109 Å². The first-order valence-corrected chi connectivity index (χ1v) is 7.51. The van der Waals surface area contributed by atoms with Crippen molar-refractivity contribution in [1.82, 2.24) is 5.32 Å². The standard InChI is InChI=1S/C12H18N2O4S/c13-12(15)11(9-10-5-2-1-3-6-10)14-7-4-8-19(16,17)18/h1-3,5-6,11,14H,4,7-9H2,(H2,13,15)(H,16,17,18). The fourth-order valence-electron chi connectivity index (χ4n) is 1.65. The molecule has 1 aromatic carbocycles. The van der Waals surface area contributed by atoms with Gasteiger partial charge in [-0.3, -0.25) is 9.35 Å². The van der Waals surface area contributed by atoms with E-state index in [9.17, 15) is 13.2 Å². The monoisotopic (exact) mass is 286 g/mol. The minimum absolute atomic E-state index is 0.220. The molecule has 1 amide bonds. The molecule has 0 saturated carbocycles. The summed E-state index contributed by atoms with van der Waals surface area (Å²) in [4.78, 5) is 11.3. The molecule has 0 aliphatic heterocycles. The van der Waals surface area contributed by atoms with Crippen LogP contribution in [0.4, 0.5) is 0 Å². The Morgan fingerprint density at radius 2 is 1.95 bits per heavy atom. The van der Waals surface area contributed by atoms with Crippen LogP contribution < -0.4 is 11.1 Å². The summed E-state index contributed by atoms with van der Waals surface area (Å²) in [6.45, 7) is 0.292. The van der Waals surface area contributed by atoms with Gasteiger partial charge in [0, 0.05) is 0 Å². The van der Waals surface area contributed by atoms with Crippen LogP contribution in [0.5, 0.6) is 0 Å². The molecule has 0 radical (unpaired) electrons. The lowest BCUT2D eigenvalue weighted by Crippen LogP contribution is -2.43. The molecule has 4 N–H and O–H groups in total. The third kappa shape index (κ3) is 6.90. The van der Waals surface area contributed by atoms with Crippen molar-refractivity contribution in [3.8, 4) is 0 Å². The van der Waals surface area contributed by atoms with Crippen molar-refractivity contribution in [2.24, 2.45) is 5.73 Å². The van der Waals surface area contributed by atoms with E-state index in [1.165, 1.54) is 0 Å². The average molecular weight is 286 g/mol. The summed E-state index contributed by atoms with van der Waals surface area (Å²) in [7, 11) is -3.96. The van der Waals surface area contributed by atoms with Gasteiger partial charge in [-0.1, -0.05) is 30.3 Å². The number of nitrogens with one attached hydrogen (secondary N) is 1. The first kappa shape index (κ1) is 15.6. The molecule has 7 heteroatoms. The van der Waals surface area contributed by atoms with Crippen LogP contribution in [0.3, 0.4) is 0 Å². The Kier molecular flexibility index (Phi) is 5.94. The third-order valence-electron chi connectivity index (χ3n) is 2.60. The van der Waals surface area contributed by atoms with E-state index in [0.29, 0.717) is 13.0 Å². The van der Waals surface area contributed by atoms with Gasteiger partial charge in [0.05, 0.1) is 11.8 Å². The van der Waals surface area contributed by atoms with Crippen molar-refractivity contribution in [3.63, 3.8) is 0 Å². The molecule has 1 aromatic rings. The molecule has 106 valence electrons. The van der Waals surface area contributed by atoms with E-state index in [0.717, 1.165) is 5.56 Å². The number of nitrogens with two attached hydrogens (primary N) is 1. The molecule has 0 fully saturated rings. The van der Waals surface area contributed by atoms with Gasteiger partial charge in [0.15, 0.2) is 0 Å². The van der Waals surface area contributed by atoms with Gasteiger partial charge in [0.25, 0.3) is 10.1 Å². The molecular weight excluding hydrogens is 268 g/mol. The first-order chi connectivity index (χ1) is 8.88. The van der Waals surface area contributed by atoms with Crippen LogP contribution in [-0.4, -0.2) is 37.2 Å². The first-order valence-electron chi connectivity index (χ1n) is 5.90. The van der Waals surface area contributed by atoms with Crippen LogP contribution in [0.15, 0.2) is 30.3 Å². The van der Waals surface area contributed by atoms with Gasteiger partial charge in [0.1, 0.15) is 0 Å². The van der Waals surface area contributed by atoms with Gasteiger partial charge in [0.2, 0.25) is 5.91 Å². The number of benzene rings is 1. The zero-order chi connectivity index (χ0) is 14.3. The van der Waals surface area contributed by atoms with Crippen molar-refractivity contribution in [3.05, 3.63) is 35.9 Å². The quantitative estimate of drug-likeness (QED) is 0.458. The zero-order valence-electron chi connectivity index (χ0n) is 10.5. The summed E-state index contributed by atoms with van der Waals surface area (Å²) in [5.74, 6) is -0.827. The Morgan fingerprint density at radius 3 is 2.47 bits per heavy atom. The normalized spacial score (nSPS) is 13.1. The van der Waals surface area contributed by atoms with Crippen LogP contribution in [0, 0.1) is 0 Å². The molecule has 0 aromatic heterocycles. The molecular formula is C12H18N2O4S. The summed E-state index contributed by atoms with van der Waals surface area (Å²) < 4.78 is 29.7. The number of carbonyl (C=O) groups is 1. The fraction of sp³-hybridized carbons (Fsp3) is 0.417. The molecule has 1 unspecified atom stereocenters. The highest BCUT2D eigenvalue weighted by atomic mass is 32.2. The van der Waals surface area contributed by atoms with Crippen molar-refractivity contribution < 1.29 is 17.8 Å². The molecule has 0 saturated heterocycles. The number of primary amides is 1. The highest BCUT2D eigenvalue weighted by Crippen LogP contribution is 2.03. The molecule has 1 rings (SSSR count). The Morgan fingerprint density at radius 1 is 1.32 bits per heavy atom. The van der Waals surface area contributed by atoms with Crippen LogP contribution in [-0.2, 0) is 21.3 Å². The van der Waals surface area contributed by atoms with Gasteiger partial charge in [-0.2, -0.15) is 8.42 Å². The predicted octanol–water partition coefficient (Wildman–Crippen LogP) is -0.0495. The van der Waals surface area contributed by atoms with E-state index in [2.05, 4.69) is 5.32 Å². The maximum absolute atomic E-state index is 11.3. The maximum atomic E-state index is 11.3. The Balaban J connectivity index is 2.44. The second-order valence-corrected chi connectivity index (χ2v) is 5.81. The number of hydrogen-bond acceptors (Lipinski definition) is 4. The second-order valence-electron chi connectivity index (χ2n) is 4.24. The van der Waals surface area contributed by atoms with E-state index >= 15 is 0 Å². The predicted molar refractivity (Wildman–Crippen MR) is 72.2 cm³/mol. The average Bonchev–Trinajstić information content (AvgIpc) is 2.33. The SMILES string of the molecule is NC(=O)C(Cc1ccccc1)NCCCS(=O)(=O)O.